The number of ether oxygens (including phenoxy) is 2. The van der Waals surface area contributed by atoms with E-state index in [2.05, 4.69) is 20.8 Å². The fourth-order valence-electron chi connectivity index (χ4n) is 1.88. The Bertz CT molecular complexity index is 356. The summed E-state index contributed by atoms with van der Waals surface area (Å²) in [6, 6.07) is 4.98. The van der Waals surface area contributed by atoms with Crippen LogP contribution in [0.1, 0.15) is 12.0 Å². The van der Waals surface area contributed by atoms with E-state index in [0.29, 0.717) is 13.2 Å². The fraction of sp³-hybridized carbons (Fsp3) is 0.571. The van der Waals surface area contributed by atoms with Crippen LogP contribution in [0.25, 0.3) is 0 Å². The van der Waals surface area contributed by atoms with Crippen molar-refractivity contribution in [3.05, 3.63) is 34.1 Å². The van der Waals surface area contributed by atoms with Gasteiger partial charge in [-0.3, -0.25) is 4.90 Å². The summed E-state index contributed by atoms with van der Waals surface area (Å²) in [4.78, 5) is 2.24. The Hall–Kier alpha value is -0.490. The molecule has 0 N–H and O–H groups in total. The van der Waals surface area contributed by atoms with Crippen molar-refractivity contribution >= 4 is 15.9 Å². The van der Waals surface area contributed by atoms with E-state index in [1.54, 1.807) is 20.3 Å². The summed E-state index contributed by atoms with van der Waals surface area (Å²) in [5.41, 5.74) is 0.959. The van der Waals surface area contributed by atoms with Gasteiger partial charge in [0.15, 0.2) is 0 Å². The van der Waals surface area contributed by atoms with Crippen molar-refractivity contribution < 1.29 is 13.9 Å². The summed E-state index contributed by atoms with van der Waals surface area (Å²) in [5, 5.41) is 0. The number of benzene rings is 1. The van der Waals surface area contributed by atoms with E-state index in [9.17, 15) is 4.39 Å². The first-order chi connectivity index (χ1) is 9.15. The summed E-state index contributed by atoms with van der Waals surface area (Å²) in [6.45, 7) is 3.85. The number of rotatable bonds is 9. The summed E-state index contributed by atoms with van der Waals surface area (Å²) >= 11 is 3.32. The van der Waals surface area contributed by atoms with E-state index in [-0.39, 0.29) is 5.82 Å². The van der Waals surface area contributed by atoms with Gasteiger partial charge in [0.2, 0.25) is 0 Å². The van der Waals surface area contributed by atoms with Crippen molar-refractivity contribution in [2.24, 2.45) is 0 Å². The van der Waals surface area contributed by atoms with Crippen molar-refractivity contribution in [1.82, 2.24) is 4.90 Å². The predicted molar refractivity (Wildman–Crippen MR) is 77.7 cm³/mol. The zero-order chi connectivity index (χ0) is 14.1. The zero-order valence-corrected chi connectivity index (χ0v) is 13.1. The normalized spacial score (nSPS) is 11.2. The maximum absolute atomic E-state index is 13.3. The molecule has 0 spiro atoms. The van der Waals surface area contributed by atoms with Crippen molar-refractivity contribution in [2.75, 3.05) is 40.5 Å². The molecule has 0 aliphatic heterocycles. The molecule has 0 unspecified atom stereocenters. The zero-order valence-electron chi connectivity index (χ0n) is 11.5. The minimum absolute atomic E-state index is 0.215. The van der Waals surface area contributed by atoms with E-state index in [1.807, 2.05) is 6.07 Å². The lowest BCUT2D eigenvalue weighted by Crippen LogP contribution is -2.28. The van der Waals surface area contributed by atoms with Crippen molar-refractivity contribution in [3.8, 4) is 0 Å². The maximum atomic E-state index is 13.3. The van der Waals surface area contributed by atoms with Crippen LogP contribution in [0.2, 0.25) is 0 Å². The van der Waals surface area contributed by atoms with Crippen LogP contribution in [0.3, 0.4) is 0 Å². The predicted octanol–water partition coefficient (Wildman–Crippen LogP) is 3.07. The van der Waals surface area contributed by atoms with Crippen molar-refractivity contribution in [3.63, 3.8) is 0 Å². The Labute approximate surface area is 122 Å². The van der Waals surface area contributed by atoms with E-state index in [4.69, 9.17) is 9.47 Å². The molecule has 0 aliphatic rings. The minimum atomic E-state index is -0.215. The average molecular weight is 334 g/mol. The van der Waals surface area contributed by atoms with Gasteiger partial charge in [-0.15, -0.1) is 0 Å². The summed E-state index contributed by atoms with van der Waals surface area (Å²) in [7, 11) is 3.38. The fourth-order valence-corrected chi connectivity index (χ4v) is 2.40. The van der Waals surface area contributed by atoms with Crippen LogP contribution in [0.5, 0.6) is 0 Å². The van der Waals surface area contributed by atoms with Crippen LogP contribution in [0.15, 0.2) is 22.7 Å². The van der Waals surface area contributed by atoms with Gasteiger partial charge in [0.1, 0.15) is 5.82 Å². The van der Waals surface area contributed by atoms with Crippen LogP contribution >= 0.6 is 15.9 Å². The first-order valence-electron chi connectivity index (χ1n) is 6.31. The van der Waals surface area contributed by atoms with Crippen molar-refractivity contribution in [2.45, 2.75) is 13.0 Å². The molecule has 0 aliphatic carbocycles. The number of methoxy groups -OCH3 is 2. The van der Waals surface area contributed by atoms with Crippen LogP contribution in [-0.4, -0.2) is 45.4 Å². The molecule has 0 bridgehead atoms. The monoisotopic (exact) mass is 333 g/mol. The lowest BCUT2D eigenvalue weighted by molar-refractivity contribution is 0.129. The first-order valence-corrected chi connectivity index (χ1v) is 7.10. The van der Waals surface area contributed by atoms with Gasteiger partial charge in [-0.1, -0.05) is 15.9 Å². The quantitative estimate of drug-likeness (QED) is 0.648. The van der Waals surface area contributed by atoms with E-state index < -0.39 is 0 Å². The highest BCUT2D eigenvalue weighted by atomic mass is 79.9. The highest BCUT2D eigenvalue weighted by Gasteiger charge is 2.07. The lowest BCUT2D eigenvalue weighted by Gasteiger charge is -2.22. The number of halogens is 2. The Morgan fingerprint density at radius 1 is 1.11 bits per heavy atom. The molecule has 0 saturated carbocycles. The van der Waals surface area contributed by atoms with Gasteiger partial charge in [0, 0.05) is 44.9 Å². The smallest absolute Gasteiger partial charge is 0.124 e. The first kappa shape index (κ1) is 16.6. The Kier molecular flexibility index (Phi) is 8.21. The molecule has 1 aromatic rings. The minimum Gasteiger partial charge on any atom is -0.385 e. The van der Waals surface area contributed by atoms with Gasteiger partial charge in [-0.2, -0.15) is 0 Å². The summed E-state index contributed by atoms with van der Waals surface area (Å²) in [6.07, 6.45) is 0.955. The number of hydrogen-bond donors (Lipinski definition) is 0. The highest BCUT2D eigenvalue weighted by molar-refractivity contribution is 9.10. The SMILES string of the molecule is COCCCN(CCOC)Cc1cc(F)cc(Br)c1. The summed E-state index contributed by atoms with van der Waals surface area (Å²) < 4.78 is 24.3. The van der Waals surface area contributed by atoms with Crippen LogP contribution < -0.4 is 0 Å². The van der Waals surface area contributed by atoms with Gasteiger partial charge in [-0.25, -0.2) is 4.39 Å². The van der Waals surface area contributed by atoms with Gasteiger partial charge < -0.3 is 9.47 Å². The molecule has 0 saturated heterocycles. The molecule has 0 atom stereocenters. The number of hydrogen-bond acceptors (Lipinski definition) is 3. The van der Waals surface area contributed by atoms with Crippen molar-refractivity contribution in [1.29, 1.82) is 0 Å². The standard InChI is InChI=1S/C14H21BrFNO2/c1-18-6-3-4-17(5-7-19-2)11-12-8-13(15)10-14(16)9-12/h8-10H,3-7,11H2,1-2H3. The van der Waals surface area contributed by atoms with Crippen LogP contribution in [0.4, 0.5) is 4.39 Å². The van der Waals surface area contributed by atoms with Gasteiger partial charge in [0.05, 0.1) is 6.61 Å². The molecule has 3 nitrogen and oxygen atoms in total. The Morgan fingerprint density at radius 3 is 2.47 bits per heavy atom. The Balaban J connectivity index is 2.58. The average Bonchev–Trinajstić information content (AvgIpc) is 2.34. The third-order valence-corrected chi connectivity index (χ3v) is 3.22. The molecule has 0 aromatic heterocycles. The molecular formula is C14H21BrFNO2. The molecule has 0 fully saturated rings. The second-order valence-corrected chi connectivity index (χ2v) is 5.31. The second kappa shape index (κ2) is 9.42. The maximum Gasteiger partial charge on any atom is 0.124 e. The highest BCUT2D eigenvalue weighted by Crippen LogP contribution is 2.16. The van der Waals surface area contributed by atoms with Crippen LogP contribution in [0, 0.1) is 5.82 Å². The molecule has 0 radical (unpaired) electrons. The molecule has 108 valence electrons. The Morgan fingerprint density at radius 2 is 1.84 bits per heavy atom. The van der Waals surface area contributed by atoms with Gasteiger partial charge in [0.25, 0.3) is 0 Å². The third-order valence-electron chi connectivity index (χ3n) is 2.76. The van der Waals surface area contributed by atoms with Gasteiger partial charge in [-0.05, 0) is 30.2 Å². The topological polar surface area (TPSA) is 21.7 Å². The second-order valence-electron chi connectivity index (χ2n) is 4.39. The lowest BCUT2D eigenvalue weighted by atomic mass is 10.2. The van der Waals surface area contributed by atoms with E-state index in [0.717, 1.165) is 36.2 Å². The van der Waals surface area contributed by atoms with E-state index >= 15 is 0 Å². The molecule has 1 rings (SSSR count). The molecular weight excluding hydrogens is 313 g/mol. The largest absolute Gasteiger partial charge is 0.385 e. The third kappa shape index (κ3) is 7.01. The van der Waals surface area contributed by atoms with Crippen LogP contribution in [-0.2, 0) is 16.0 Å². The molecule has 19 heavy (non-hydrogen) atoms. The molecule has 0 amide bonds. The molecule has 0 heterocycles. The molecule has 1 aromatic carbocycles. The van der Waals surface area contributed by atoms with E-state index in [1.165, 1.54) is 6.07 Å². The molecule has 5 heteroatoms. The summed E-state index contributed by atoms with van der Waals surface area (Å²) in [5.74, 6) is -0.215. The number of nitrogens with zero attached hydrogens (tertiary/aromatic N) is 1. The van der Waals surface area contributed by atoms with Gasteiger partial charge >= 0.3 is 0 Å².